The number of aryl methyl sites for hydroxylation is 2. The van der Waals surface area contributed by atoms with Gasteiger partial charge in [0.25, 0.3) is 5.91 Å². The minimum Gasteiger partial charge on any atom is -0.460 e. The van der Waals surface area contributed by atoms with E-state index in [0.717, 1.165) is 11.1 Å². The molecule has 2 N–H and O–H groups in total. The zero-order valence-electron chi connectivity index (χ0n) is 26.0. The number of hydrogen-bond donors (Lipinski definition) is 2. The molecule has 4 aliphatic heterocycles. The quantitative estimate of drug-likeness (QED) is 0.371. The highest BCUT2D eigenvalue weighted by Gasteiger charge is 2.75. The first kappa shape index (κ1) is 32.2. The maximum Gasteiger partial charge on any atom is 0.313 e. The number of carbonyl (C=O) groups excluding carboxylic acids is 4. The molecule has 4 aliphatic rings. The number of aliphatic hydroxyl groups is 1. The van der Waals surface area contributed by atoms with E-state index in [4.69, 9.17) is 9.47 Å². The summed E-state index contributed by atoms with van der Waals surface area (Å²) in [6.45, 7) is 5.36. The molecular weight excluding hydrogens is 654 g/mol. The largest absolute Gasteiger partial charge is 0.460 e. The van der Waals surface area contributed by atoms with Gasteiger partial charge >= 0.3 is 5.97 Å². The van der Waals surface area contributed by atoms with Crippen LogP contribution < -0.4 is 10.2 Å². The summed E-state index contributed by atoms with van der Waals surface area (Å²) in [7, 11) is 0. The number of ether oxygens (including phenoxy) is 2. The number of fused-ring (bicyclic) bond motifs is 2. The second-order valence-electron chi connectivity index (χ2n) is 12.5. The topological polar surface area (TPSA) is 125 Å². The molecule has 242 valence electrons. The van der Waals surface area contributed by atoms with Crippen molar-refractivity contribution in [3.8, 4) is 0 Å². The van der Waals surface area contributed by atoms with Crippen LogP contribution in [-0.2, 0) is 28.7 Å². The molecule has 46 heavy (non-hydrogen) atoms. The Bertz CT molecular complexity index is 1610. The standard InChI is InChI=1S/C35H38BrN3O7/c1-20-13-14-21(2)25(16-20)38-15-9-5-8-12-27(41)37-18-22(3)45-34(44)28-29-32(42)39(26(19-40)23-10-6-4-7-11-23)31(33(38)43)35(29)17-24(36)30(28)46-35/h4-7,9-11,13-14,16-17,22,26,28-31,40H,8,12,15,18-19H2,1-3H3,(H,37,41)/b9-5-/t22-,26+,28+,29-,30+,31+,35-/m0/s1. The molecule has 2 fully saturated rings. The van der Waals surface area contributed by atoms with Crippen LogP contribution in [0.2, 0.25) is 0 Å². The maximum absolute atomic E-state index is 15.2. The maximum atomic E-state index is 15.2. The van der Waals surface area contributed by atoms with Crippen molar-refractivity contribution in [1.82, 2.24) is 10.2 Å². The van der Waals surface area contributed by atoms with Gasteiger partial charge in [-0.1, -0.05) is 70.5 Å². The summed E-state index contributed by atoms with van der Waals surface area (Å²) in [6, 6.07) is 12.8. The van der Waals surface area contributed by atoms with Crippen molar-refractivity contribution >= 4 is 45.3 Å². The summed E-state index contributed by atoms with van der Waals surface area (Å²) >= 11 is 3.58. The molecule has 0 aliphatic carbocycles. The van der Waals surface area contributed by atoms with Crippen LogP contribution in [0.4, 0.5) is 5.69 Å². The number of hydrogen-bond acceptors (Lipinski definition) is 7. The molecule has 10 nitrogen and oxygen atoms in total. The number of carbonyl (C=O) groups is 4. The Morgan fingerprint density at radius 3 is 2.57 bits per heavy atom. The van der Waals surface area contributed by atoms with Gasteiger partial charge in [-0.3, -0.25) is 19.2 Å². The molecular formula is C35H38BrN3O7. The first-order valence-corrected chi connectivity index (χ1v) is 16.4. The van der Waals surface area contributed by atoms with Gasteiger partial charge in [0.15, 0.2) is 0 Å². The molecule has 0 aromatic heterocycles. The molecule has 6 rings (SSSR count). The fourth-order valence-corrected chi connectivity index (χ4v) is 7.95. The van der Waals surface area contributed by atoms with Gasteiger partial charge in [-0.25, -0.2) is 0 Å². The third kappa shape index (κ3) is 5.48. The minimum absolute atomic E-state index is 0.113. The molecule has 0 radical (unpaired) electrons. The molecule has 5 bridgehead atoms. The summed E-state index contributed by atoms with van der Waals surface area (Å²) in [4.78, 5) is 59.3. The van der Waals surface area contributed by atoms with Crippen molar-refractivity contribution in [2.45, 2.75) is 63.5 Å². The lowest BCUT2D eigenvalue weighted by Crippen LogP contribution is -2.57. The molecule has 7 atom stereocenters. The molecule has 2 aromatic carbocycles. The normalized spacial score (nSPS) is 31.3. The van der Waals surface area contributed by atoms with Gasteiger partial charge in [-0.15, -0.1) is 0 Å². The Hall–Kier alpha value is -3.80. The van der Waals surface area contributed by atoms with Crippen LogP contribution in [0.25, 0.3) is 0 Å². The number of aliphatic hydroxyl groups excluding tert-OH is 1. The summed E-state index contributed by atoms with van der Waals surface area (Å²) in [5.74, 6) is -3.85. The van der Waals surface area contributed by atoms with Crippen LogP contribution in [0.3, 0.4) is 0 Å². The molecule has 11 heteroatoms. The summed E-state index contributed by atoms with van der Waals surface area (Å²) in [5.41, 5.74) is 1.61. The second-order valence-corrected chi connectivity index (χ2v) is 13.4. The number of allylic oxidation sites excluding steroid dienone is 1. The molecule has 0 unspecified atom stereocenters. The zero-order valence-corrected chi connectivity index (χ0v) is 27.6. The van der Waals surface area contributed by atoms with E-state index in [1.165, 1.54) is 4.90 Å². The van der Waals surface area contributed by atoms with E-state index >= 15 is 4.79 Å². The number of esters is 1. The SMILES string of the molecule is Cc1ccc(C)c(N2C/C=C\CCC(=O)NC[C@H](C)OC(=O)[C@H]3[C@@H]4O[C@@]5(C=C4Br)[C@@H]3C(=O)N([C@H](CO)c3ccccc3)[C@@H]5C2=O)c1. The van der Waals surface area contributed by atoms with Gasteiger partial charge in [0.05, 0.1) is 25.1 Å². The van der Waals surface area contributed by atoms with Crippen LogP contribution in [0.15, 0.2) is 71.2 Å². The average molecular weight is 693 g/mol. The Morgan fingerprint density at radius 2 is 1.83 bits per heavy atom. The van der Waals surface area contributed by atoms with Gasteiger partial charge in [0, 0.05) is 23.1 Å². The van der Waals surface area contributed by atoms with Crippen molar-refractivity contribution in [3.05, 3.63) is 87.9 Å². The Balaban J connectivity index is 1.54. The van der Waals surface area contributed by atoms with Crippen LogP contribution in [0.5, 0.6) is 0 Å². The second kappa shape index (κ2) is 12.8. The number of nitrogens with one attached hydrogen (secondary N) is 1. The Labute approximate surface area is 276 Å². The number of likely N-dealkylation sites (tertiary alicyclic amines) is 1. The van der Waals surface area contributed by atoms with Gasteiger partial charge < -0.3 is 29.7 Å². The fraction of sp³-hybridized carbons (Fsp3) is 0.429. The van der Waals surface area contributed by atoms with Crippen molar-refractivity contribution < 1.29 is 33.8 Å². The van der Waals surface area contributed by atoms with Gasteiger partial charge in [0.1, 0.15) is 29.8 Å². The first-order valence-electron chi connectivity index (χ1n) is 15.6. The Morgan fingerprint density at radius 1 is 1.07 bits per heavy atom. The highest BCUT2D eigenvalue weighted by atomic mass is 79.9. The molecule has 4 heterocycles. The number of amides is 3. The smallest absolute Gasteiger partial charge is 0.313 e. The minimum atomic E-state index is -1.51. The summed E-state index contributed by atoms with van der Waals surface area (Å²) in [5, 5.41) is 13.6. The van der Waals surface area contributed by atoms with Crippen molar-refractivity contribution in [2.75, 3.05) is 24.6 Å². The van der Waals surface area contributed by atoms with E-state index in [0.29, 0.717) is 22.2 Å². The molecule has 2 saturated heterocycles. The lowest BCUT2D eigenvalue weighted by atomic mass is 9.74. The molecule has 1 spiro atoms. The van der Waals surface area contributed by atoms with Crippen LogP contribution in [0, 0.1) is 25.7 Å². The van der Waals surface area contributed by atoms with E-state index in [9.17, 15) is 19.5 Å². The number of cyclic esters (lactones) is 1. The van der Waals surface area contributed by atoms with E-state index in [2.05, 4.69) is 21.2 Å². The van der Waals surface area contributed by atoms with Crippen molar-refractivity contribution in [1.29, 1.82) is 0 Å². The van der Waals surface area contributed by atoms with Gasteiger partial charge in [-0.05, 0) is 56.0 Å². The number of rotatable bonds is 4. The third-order valence-electron chi connectivity index (χ3n) is 9.38. The first-order chi connectivity index (χ1) is 22.1. The molecule has 0 saturated carbocycles. The predicted molar refractivity (Wildman–Crippen MR) is 174 cm³/mol. The number of benzene rings is 2. The van der Waals surface area contributed by atoms with Crippen LogP contribution in [-0.4, -0.2) is 77.2 Å². The van der Waals surface area contributed by atoms with E-state index in [1.54, 1.807) is 30.0 Å². The monoisotopic (exact) mass is 691 g/mol. The Kier molecular flexibility index (Phi) is 8.93. The van der Waals surface area contributed by atoms with Gasteiger partial charge in [-0.2, -0.15) is 0 Å². The highest BCUT2D eigenvalue weighted by Crippen LogP contribution is 2.60. The van der Waals surface area contributed by atoms with E-state index in [-0.39, 0.29) is 25.4 Å². The van der Waals surface area contributed by atoms with Crippen LogP contribution >= 0.6 is 15.9 Å². The number of nitrogens with zero attached hydrogens (tertiary/aromatic N) is 2. The predicted octanol–water partition coefficient (Wildman–Crippen LogP) is 3.64. The van der Waals surface area contributed by atoms with Gasteiger partial charge in [0.2, 0.25) is 11.8 Å². The molecule has 3 amide bonds. The number of halogens is 1. The van der Waals surface area contributed by atoms with Crippen LogP contribution in [0.1, 0.15) is 42.5 Å². The fourth-order valence-electron chi connectivity index (χ4n) is 7.21. The van der Waals surface area contributed by atoms with Crippen molar-refractivity contribution in [3.63, 3.8) is 0 Å². The third-order valence-corrected chi connectivity index (χ3v) is 10.1. The summed E-state index contributed by atoms with van der Waals surface area (Å²) < 4.78 is 13.0. The number of anilines is 1. The van der Waals surface area contributed by atoms with Crippen molar-refractivity contribution in [2.24, 2.45) is 11.8 Å². The lowest BCUT2D eigenvalue weighted by Gasteiger charge is -2.39. The molecule has 2 aromatic rings. The highest BCUT2D eigenvalue weighted by molar-refractivity contribution is 9.11. The van der Waals surface area contributed by atoms with E-state index in [1.807, 2.05) is 62.4 Å². The average Bonchev–Trinajstić information content (AvgIpc) is 3.63. The summed E-state index contributed by atoms with van der Waals surface area (Å²) in [6.07, 6.45) is 4.63. The zero-order chi connectivity index (χ0) is 32.7. The lowest BCUT2D eigenvalue weighted by molar-refractivity contribution is -0.159. The van der Waals surface area contributed by atoms with E-state index < -0.39 is 66.1 Å².